The number of hydrogen-bond donors (Lipinski definition) is 0. The number of nitrogens with zero attached hydrogens (tertiary/aromatic N) is 4. The van der Waals surface area contributed by atoms with E-state index in [0.717, 1.165) is 11.5 Å². The van der Waals surface area contributed by atoms with E-state index < -0.39 is 0 Å². The summed E-state index contributed by atoms with van der Waals surface area (Å²) in [6.45, 7) is 3.79. The summed E-state index contributed by atoms with van der Waals surface area (Å²) in [5, 5.41) is 11.7. The number of rotatable bonds is 5. The van der Waals surface area contributed by atoms with Crippen molar-refractivity contribution in [2.75, 3.05) is 0 Å². The second kappa shape index (κ2) is 5.53. The largest absolute Gasteiger partial charge is 0.299 e. The van der Waals surface area contributed by atoms with Crippen molar-refractivity contribution in [3.63, 3.8) is 0 Å². The summed E-state index contributed by atoms with van der Waals surface area (Å²) in [4.78, 5) is 11.6. The minimum atomic E-state index is -0.0523. The Balaban J connectivity index is 2.21. The van der Waals surface area contributed by atoms with E-state index in [1.54, 1.807) is 4.68 Å². The van der Waals surface area contributed by atoms with E-state index in [1.165, 1.54) is 0 Å². The van der Waals surface area contributed by atoms with Crippen LogP contribution in [0, 0.1) is 5.92 Å². The molecule has 2 rings (SSSR count). The molecule has 5 heteroatoms. The fourth-order valence-electron chi connectivity index (χ4n) is 1.84. The van der Waals surface area contributed by atoms with Crippen molar-refractivity contribution in [1.29, 1.82) is 0 Å². The standard InChI is InChI=1S/C13H16N4O/c1-3-12(18)10(2)9-13-14-15-16-17(13)11-7-5-4-6-8-11/h4-8,10H,3,9H2,1-2H3. The van der Waals surface area contributed by atoms with Gasteiger partial charge in [-0.3, -0.25) is 4.79 Å². The summed E-state index contributed by atoms with van der Waals surface area (Å²) >= 11 is 0. The summed E-state index contributed by atoms with van der Waals surface area (Å²) in [5.41, 5.74) is 0.911. The van der Waals surface area contributed by atoms with Crippen LogP contribution in [0.1, 0.15) is 26.1 Å². The van der Waals surface area contributed by atoms with Gasteiger partial charge in [0.2, 0.25) is 0 Å². The van der Waals surface area contributed by atoms with Crippen LogP contribution in [-0.4, -0.2) is 26.0 Å². The molecule has 1 aromatic heterocycles. The van der Waals surface area contributed by atoms with Gasteiger partial charge in [0, 0.05) is 18.8 Å². The molecule has 0 fully saturated rings. The maximum absolute atomic E-state index is 11.6. The molecule has 5 nitrogen and oxygen atoms in total. The molecule has 1 aromatic carbocycles. The highest BCUT2D eigenvalue weighted by atomic mass is 16.1. The lowest BCUT2D eigenvalue weighted by Crippen LogP contribution is -2.15. The molecule has 0 aliphatic rings. The number of para-hydroxylation sites is 1. The number of carbonyl (C=O) groups is 1. The molecule has 0 aliphatic heterocycles. The third-order valence-corrected chi connectivity index (χ3v) is 2.92. The lowest BCUT2D eigenvalue weighted by atomic mass is 10.0. The predicted octanol–water partition coefficient (Wildman–Crippen LogP) is 1.82. The van der Waals surface area contributed by atoms with E-state index >= 15 is 0 Å². The van der Waals surface area contributed by atoms with E-state index in [1.807, 2.05) is 44.2 Å². The number of carbonyl (C=O) groups excluding carboxylic acids is 1. The topological polar surface area (TPSA) is 60.7 Å². The first-order chi connectivity index (χ1) is 8.72. The van der Waals surface area contributed by atoms with E-state index in [2.05, 4.69) is 15.5 Å². The van der Waals surface area contributed by atoms with E-state index in [4.69, 9.17) is 0 Å². The Morgan fingerprint density at radius 2 is 2.06 bits per heavy atom. The van der Waals surface area contributed by atoms with Crippen molar-refractivity contribution >= 4 is 5.78 Å². The van der Waals surface area contributed by atoms with Crippen LogP contribution >= 0.6 is 0 Å². The highest BCUT2D eigenvalue weighted by Crippen LogP contribution is 2.12. The number of hydrogen-bond acceptors (Lipinski definition) is 4. The fraction of sp³-hybridized carbons (Fsp3) is 0.385. The summed E-state index contributed by atoms with van der Waals surface area (Å²) < 4.78 is 1.68. The van der Waals surface area contributed by atoms with Crippen LogP contribution in [0.5, 0.6) is 0 Å². The minimum Gasteiger partial charge on any atom is -0.299 e. The quantitative estimate of drug-likeness (QED) is 0.805. The van der Waals surface area contributed by atoms with Gasteiger partial charge >= 0.3 is 0 Å². The van der Waals surface area contributed by atoms with Gasteiger partial charge in [-0.2, -0.15) is 4.68 Å². The van der Waals surface area contributed by atoms with Crippen molar-refractivity contribution in [2.45, 2.75) is 26.7 Å². The highest BCUT2D eigenvalue weighted by molar-refractivity contribution is 5.80. The lowest BCUT2D eigenvalue weighted by molar-refractivity contribution is -0.122. The Morgan fingerprint density at radius 1 is 1.33 bits per heavy atom. The number of aromatic nitrogens is 4. The van der Waals surface area contributed by atoms with Gasteiger partial charge in [-0.05, 0) is 22.6 Å². The van der Waals surface area contributed by atoms with Crippen molar-refractivity contribution in [3.8, 4) is 5.69 Å². The van der Waals surface area contributed by atoms with Gasteiger partial charge in [0.1, 0.15) is 5.78 Å². The molecular weight excluding hydrogens is 228 g/mol. The molecule has 0 saturated carbocycles. The van der Waals surface area contributed by atoms with Crippen LogP contribution < -0.4 is 0 Å². The first kappa shape index (κ1) is 12.4. The van der Waals surface area contributed by atoms with E-state index in [9.17, 15) is 4.79 Å². The Morgan fingerprint density at radius 3 is 2.72 bits per heavy atom. The van der Waals surface area contributed by atoms with E-state index in [0.29, 0.717) is 12.8 Å². The SMILES string of the molecule is CCC(=O)C(C)Cc1nnnn1-c1ccccc1. The molecule has 2 aromatic rings. The molecule has 0 spiro atoms. The van der Waals surface area contributed by atoms with E-state index in [-0.39, 0.29) is 11.7 Å². The van der Waals surface area contributed by atoms with Crippen LogP contribution in [0.3, 0.4) is 0 Å². The minimum absolute atomic E-state index is 0.0523. The zero-order valence-corrected chi connectivity index (χ0v) is 10.6. The molecule has 0 radical (unpaired) electrons. The third kappa shape index (κ3) is 2.61. The van der Waals surface area contributed by atoms with Crippen LogP contribution in [0.2, 0.25) is 0 Å². The van der Waals surface area contributed by atoms with Crippen LogP contribution in [0.25, 0.3) is 5.69 Å². The summed E-state index contributed by atoms with van der Waals surface area (Å²) in [6, 6.07) is 9.68. The van der Waals surface area contributed by atoms with Crippen molar-refractivity contribution in [2.24, 2.45) is 5.92 Å². The smallest absolute Gasteiger partial charge is 0.157 e. The maximum atomic E-state index is 11.6. The van der Waals surface area contributed by atoms with Gasteiger partial charge in [-0.15, -0.1) is 5.10 Å². The number of Topliss-reactive ketones (excluding diaryl/α,β-unsaturated/α-hetero) is 1. The van der Waals surface area contributed by atoms with Crippen molar-refractivity contribution in [1.82, 2.24) is 20.2 Å². The predicted molar refractivity (Wildman–Crippen MR) is 67.3 cm³/mol. The average Bonchev–Trinajstić information content (AvgIpc) is 2.86. The maximum Gasteiger partial charge on any atom is 0.157 e. The molecular formula is C13H16N4O. The van der Waals surface area contributed by atoms with Gasteiger partial charge in [0.15, 0.2) is 5.82 Å². The van der Waals surface area contributed by atoms with Gasteiger partial charge in [0.25, 0.3) is 0 Å². The number of benzene rings is 1. The summed E-state index contributed by atoms with van der Waals surface area (Å²) in [5.74, 6) is 0.900. The first-order valence-corrected chi connectivity index (χ1v) is 6.07. The molecule has 1 atom stereocenters. The van der Waals surface area contributed by atoms with Gasteiger partial charge in [-0.25, -0.2) is 0 Å². The molecule has 0 aliphatic carbocycles. The molecule has 1 unspecified atom stereocenters. The van der Waals surface area contributed by atoms with Crippen LogP contribution in [0.15, 0.2) is 30.3 Å². The van der Waals surface area contributed by atoms with Gasteiger partial charge < -0.3 is 0 Å². The number of ketones is 1. The Hall–Kier alpha value is -2.04. The number of tetrazole rings is 1. The second-order valence-corrected chi connectivity index (χ2v) is 4.27. The Kier molecular flexibility index (Phi) is 3.82. The zero-order valence-electron chi connectivity index (χ0n) is 10.6. The molecule has 0 bridgehead atoms. The summed E-state index contributed by atoms with van der Waals surface area (Å²) in [7, 11) is 0. The highest BCUT2D eigenvalue weighted by Gasteiger charge is 2.16. The molecule has 0 saturated heterocycles. The first-order valence-electron chi connectivity index (χ1n) is 6.07. The third-order valence-electron chi connectivity index (χ3n) is 2.92. The van der Waals surface area contributed by atoms with Crippen molar-refractivity contribution in [3.05, 3.63) is 36.2 Å². The zero-order chi connectivity index (χ0) is 13.0. The fourth-order valence-corrected chi connectivity index (χ4v) is 1.84. The molecule has 0 amide bonds. The summed E-state index contributed by atoms with van der Waals surface area (Å²) in [6.07, 6.45) is 1.11. The van der Waals surface area contributed by atoms with Gasteiger partial charge in [-0.1, -0.05) is 32.0 Å². The molecule has 0 N–H and O–H groups in total. The second-order valence-electron chi connectivity index (χ2n) is 4.27. The Labute approximate surface area is 106 Å². The van der Waals surface area contributed by atoms with Gasteiger partial charge in [0.05, 0.1) is 5.69 Å². The molecule has 1 heterocycles. The molecule has 18 heavy (non-hydrogen) atoms. The van der Waals surface area contributed by atoms with Crippen LogP contribution in [0.4, 0.5) is 0 Å². The van der Waals surface area contributed by atoms with Crippen molar-refractivity contribution < 1.29 is 4.79 Å². The Bertz CT molecular complexity index is 521. The monoisotopic (exact) mass is 244 g/mol. The normalized spacial score (nSPS) is 12.3. The molecule has 94 valence electrons. The lowest BCUT2D eigenvalue weighted by Gasteiger charge is -2.09. The van der Waals surface area contributed by atoms with Crippen LogP contribution in [-0.2, 0) is 11.2 Å². The average molecular weight is 244 g/mol.